The van der Waals surface area contributed by atoms with E-state index in [1.54, 1.807) is 6.07 Å². The van der Waals surface area contributed by atoms with Crippen molar-refractivity contribution in [2.24, 2.45) is 17.8 Å². The van der Waals surface area contributed by atoms with Crippen LogP contribution in [0.25, 0.3) is 0 Å². The van der Waals surface area contributed by atoms with Gasteiger partial charge in [0.05, 0.1) is 5.02 Å². The van der Waals surface area contributed by atoms with Crippen molar-refractivity contribution in [2.45, 2.75) is 38.7 Å². The van der Waals surface area contributed by atoms with Gasteiger partial charge in [-0.3, -0.25) is 4.79 Å². The Morgan fingerprint density at radius 3 is 2.87 bits per heavy atom. The van der Waals surface area contributed by atoms with E-state index in [9.17, 15) is 4.79 Å². The molecule has 0 spiro atoms. The molecule has 2 bridgehead atoms. The van der Waals surface area contributed by atoms with Gasteiger partial charge in [0.25, 0.3) is 0 Å². The van der Waals surface area contributed by atoms with Crippen molar-refractivity contribution in [2.75, 3.05) is 13.2 Å². The Balaban J connectivity index is 1.33. The van der Waals surface area contributed by atoms with Gasteiger partial charge in [-0.1, -0.05) is 18.0 Å². The fourth-order valence-electron chi connectivity index (χ4n) is 4.31. The Bertz CT molecular complexity index is 615. The summed E-state index contributed by atoms with van der Waals surface area (Å²) in [6, 6.07) is 3.62. The predicted octanol–water partition coefficient (Wildman–Crippen LogP) is 3.98. The third kappa shape index (κ3) is 3.14. The highest BCUT2D eigenvalue weighted by Gasteiger charge is 2.40. The third-order valence-electron chi connectivity index (χ3n) is 5.37. The van der Waals surface area contributed by atoms with Gasteiger partial charge in [-0.15, -0.1) is 0 Å². The number of benzene rings is 1. The minimum atomic E-state index is -0.103. The second-order valence-electron chi connectivity index (χ2n) is 6.90. The molecule has 0 amide bonds. The molecule has 0 aromatic heterocycles. The quantitative estimate of drug-likeness (QED) is 0.780. The molecule has 2 saturated carbocycles. The van der Waals surface area contributed by atoms with Crippen LogP contribution in [0.5, 0.6) is 11.5 Å². The van der Waals surface area contributed by atoms with E-state index in [-0.39, 0.29) is 12.6 Å². The molecule has 124 valence electrons. The lowest BCUT2D eigenvalue weighted by atomic mass is 9.86. The van der Waals surface area contributed by atoms with Gasteiger partial charge in [0, 0.05) is 6.42 Å². The smallest absolute Gasteiger partial charge is 0.306 e. The number of hydrogen-bond acceptors (Lipinski definition) is 4. The molecule has 1 heterocycles. The second kappa shape index (κ2) is 6.23. The summed E-state index contributed by atoms with van der Waals surface area (Å²) in [5, 5.41) is 0.501. The molecule has 0 N–H and O–H groups in total. The van der Waals surface area contributed by atoms with E-state index < -0.39 is 0 Å². The van der Waals surface area contributed by atoms with Crippen LogP contribution in [-0.4, -0.2) is 19.2 Å². The first kappa shape index (κ1) is 15.1. The van der Waals surface area contributed by atoms with Crippen LogP contribution in [0.1, 0.15) is 37.7 Å². The normalized spacial score (nSPS) is 28.0. The van der Waals surface area contributed by atoms with Crippen molar-refractivity contribution in [1.29, 1.82) is 0 Å². The van der Waals surface area contributed by atoms with Crippen molar-refractivity contribution < 1.29 is 19.0 Å². The summed E-state index contributed by atoms with van der Waals surface area (Å²) in [7, 11) is 0. The van der Waals surface area contributed by atoms with Crippen LogP contribution < -0.4 is 9.47 Å². The molecule has 0 unspecified atom stereocenters. The van der Waals surface area contributed by atoms with E-state index in [2.05, 4.69) is 0 Å². The van der Waals surface area contributed by atoms with Gasteiger partial charge in [-0.25, -0.2) is 0 Å². The summed E-state index contributed by atoms with van der Waals surface area (Å²) >= 11 is 6.20. The van der Waals surface area contributed by atoms with E-state index in [4.69, 9.17) is 25.8 Å². The Labute approximate surface area is 141 Å². The van der Waals surface area contributed by atoms with E-state index in [1.165, 1.54) is 25.7 Å². The van der Waals surface area contributed by atoms with Crippen molar-refractivity contribution in [3.63, 3.8) is 0 Å². The van der Waals surface area contributed by atoms with Crippen LogP contribution in [0.3, 0.4) is 0 Å². The molecular formula is C18H21ClO4. The first-order valence-corrected chi connectivity index (χ1v) is 8.80. The maximum Gasteiger partial charge on any atom is 0.306 e. The SMILES string of the molecule is O=C(C[C@H]1C[C@H]2CC[C@@H]1C2)OCc1cc(Cl)c2c(c1)OCCO2. The van der Waals surface area contributed by atoms with Gasteiger partial charge < -0.3 is 14.2 Å². The van der Waals surface area contributed by atoms with Crippen molar-refractivity contribution >= 4 is 17.6 Å². The number of halogens is 1. The zero-order valence-corrected chi connectivity index (χ0v) is 13.8. The highest BCUT2D eigenvalue weighted by Crippen LogP contribution is 2.49. The van der Waals surface area contributed by atoms with Gasteiger partial charge in [0.15, 0.2) is 11.5 Å². The highest BCUT2D eigenvalue weighted by atomic mass is 35.5. The molecule has 4 nitrogen and oxygen atoms in total. The summed E-state index contributed by atoms with van der Waals surface area (Å²) < 4.78 is 16.5. The molecular weight excluding hydrogens is 316 g/mol. The lowest BCUT2D eigenvalue weighted by Gasteiger charge is -2.21. The Morgan fingerprint density at radius 1 is 1.22 bits per heavy atom. The number of ether oxygens (including phenoxy) is 3. The average molecular weight is 337 g/mol. The van der Waals surface area contributed by atoms with E-state index in [0.717, 1.165) is 17.4 Å². The Hall–Kier alpha value is -1.42. The standard InChI is InChI=1S/C18H21ClO4/c19-15-7-12(8-16-18(15)22-4-3-21-16)10-23-17(20)9-14-6-11-1-2-13(14)5-11/h7-8,11,13-14H,1-6,9-10H2/t11-,13+,14+/m0/s1. The molecule has 1 aromatic carbocycles. The lowest BCUT2D eigenvalue weighted by molar-refractivity contribution is -0.146. The van der Waals surface area contributed by atoms with Crippen molar-refractivity contribution in [1.82, 2.24) is 0 Å². The Morgan fingerprint density at radius 2 is 2.09 bits per heavy atom. The van der Waals surface area contributed by atoms with Crippen LogP contribution in [-0.2, 0) is 16.1 Å². The number of carbonyl (C=O) groups excluding carboxylic acids is 1. The fraction of sp³-hybridized carbons (Fsp3) is 0.611. The molecule has 5 heteroatoms. The summed E-state index contributed by atoms with van der Waals surface area (Å²) in [5.74, 6) is 3.24. The van der Waals surface area contributed by atoms with Crippen molar-refractivity contribution in [3.8, 4) is 11.5 Å². The number of fused-ring (bicyclic) bond motifs is 3. The first-order chi connectivity index (χ1) is 11.2. The number of carbonyl (C=O) groups is 1. The zero-order chi connectivity index (χ0) is 15.8. The average Bonchev–Trinajstić information content (AvgIpc) is 3.16. The summed E-state index contributed by atoms with van der Waals surface area (Å²) in [4.78, 5) is 12.1. The van der Waals surface area contributed by atoms with Gasteiger partial charge in [-0.05, 0) is 54.7 Å². The maximum atomic E-state index is 12.1. The molecule has 2 fully saturated rings. The number of esters is 1. The molecule has 2 aliphatic carbocycles. The minimum Gasteiger partial charge on any atom is -0.486 e. The molecule has 3 aliphatic rings. The molecule has 0 saturated heterocycles. The summed E-state index contributed by atoms with van der Waals surface area (Å²) in [6.45, 7) is 1.25. The van der Waals surface area contributed by atoms with Crippen molar-refractivity contribution in [3.05, 3.63) is 22.7 Å². The van der Waals surface area contributed by atoms with E-state index in [1.807, 2.05) is 6.07 Å². The predicted molar refractivity (Wildman–Crippen MR) is 85.8 cm³/mol. The lowest BCUT2D eigenvalue weighted by Crippen LogP contribution is -2.17. The van der Waals surface area contributed by atoms with E-state index >= 15 is 0 Å². The first-order valence-electron chi connectivity index (χ1n) is 8.42. The van der Waals surface area contributed by atoms with Crippen LogP contribution >= 0.6 is 11.6 Å². The Kier molecular flexibility index (Phi) is 4.10. The highest BCUT2D eigenvalue weighted by molar-refractivity contribution is 6.32. The number of hydrogen-bond donors (Lipinski definition) is 0. The van der Waals surface area contributed by atoms with Gasteiger partial charge in [0.2, 0.25) is 0 Å². The largest absolute Gasteiger partial charge is 0.486 e. The molecule has 0 radical (unpaired) electrons. The summed E-state index contributed by atoms with van der Waals surface area (Å²) in [6.07, 6.45) is 5.72. The maximum absolute atomic E-state index is 12.1. The van der Waals surface area contributed by atoms with Gasteiger partial charge in [-0.2, -0.15) is 0 Å². The van der Waals surface area contributed by atoms with Crippen LogP contribution in [0, 0.1) is 17.8 Å². The fourth-order valence-corrected chi connectivity index (χ4v) is 4.60. The molecule has 4 rings (SSSR count). The van der Waals surface area contributed by atoms with Crippen LogP contribution in [0.4, 0.5) is 0 Å². The van der Waals surface area contributed by atoms with Crippen LogP contribution in [0.2, 0.25) is 5.02 Å². The van der Waals surface area contributed by atoms with Crippen LogP contribution in [0.15, 0.2) is 12.1 Å². The van der Waals surface area contributed by atoms with E-state index in [0.29, 0.717) is 42.1 Å². The van der Waals surface area contributed by atoms with Gasteiger partial charge >= 0.3 is 5.97 Å². The molecule has 23 heavy (non-hydrogen) atoms. The number of rotatable bonds is 4. The summed E-state index contributed by atoms with van der Waals surface area (Å²) in [5.41, 5.74) is 0.834. The monoisotopic (exact) mass is 336 g/mol. The van der Waals surface area contributed by atoms with Gasteiger partial charge in [0.1, 0.15) is 19.8 Å². The molecule has 1 aromatic rings. The second-order valence-corrected chi connectivity index (χ2v) is 7.31. The zero-order valence-electron chi connectivity index (χ0n) is 13.1. The molecule has 3 atom stereocenters. The minimum absolute atomic E-state index is 0.103. The topological polar surface area (TPSA) is 44.8 Å². The third-order valence-corrected chi connectivity index (χ3v) is 5.65. The molecule has 1 aliphatic heterocycles.